The molecule has 0 aliphatic rings. The second-order valence-electron chi connectivity index (χ2n) is 4.47. The van der Waals surface area contributed by atoms with Crippen LogP contribution in [-0.4, -0.2) is 18.1 Å². The van der Waals surface area contributed by atoms with Crippen LogP contribution in [0.5, 0.6) is 0 Å². The fourth-order valence-corrected chi connectivity index (χ4v) is 2.99. The zero-order valence-corrected chi connectivity index (χ0v) is 12.9. The van der Waals surface area contributed by atoms with Gasteiger partial charge in [-0.1, -0.05) is 20.3 Å². The highest BCUT2D eigenvalue weighted by Crippen LogP contribution is 2.29. The number of aromatic nitrogens is 1. The van der Waals surface area contributed by atoms with Crippen molar-refractivity contribution in [2.24, 2.45) is 0 Å². The molecule has 3 nitrogen and oxygen atoms in total. The maximum atomic E-state index is 5.79. The van der Waals surface area contributed by atoms with Crippen molar-refractivity contribution < 1.29 is 4.74 Å². The van der Waals surface area contributed by atoms with Crippen LogP contribution in [0.2, 0.25) is 0 Å². The van der Waals surface area contributed by atoms with E-state index in [1.807, 2.05) is 6.92 Å². The molecule has 0 aliphatic carbocycles. The number of nitrogens with zero attached hydrogens (tertiary/aromatic N) is 1. The van der Waals surface area contributed by atoms with Gasteiger partial charge in [0.25, 0.3) is 0 Å². The van der Waals surface area contributed by atoms with Gasteiger partial charge < -0.3 is 10.1 Å². The minimum atomic E-state index is 0.184. The minimum Gasteiger partial charge on any atom is -0.371 e. The van der Waals surface area contributed by atoms with Crippen LogP contribution in [0.25, 0.3) is 0 Å². The zero-order valence-electron chi connectivity index (χ0n) is 12.1. The van der Waals surface area contributed by atoms with Crippen LogP contribution in [0.15, 0.2) is 0 Å². The van der Waals surface area contributed by atoms with Gasteiger partial charge in [-0.15, -0.1) is 11.3 Å². The zero-order chi connectivity index (χ0) is 13.4. The standard InChI is InChI=1S/C14H26N2OS/c1-5-8-12(17-7-3)14-16-11(4)13(18-14)10-15-9-6-2/h12,15H,5-10H2,1-4H3. The number of hydrogen-bond acceptors (Lipinski definition) is 4. The Bertz CT molecular complexity index is 333. The van der Waals surface area contributed by atoms with Gasteiger partial charge in [-0.3, -0.25) is 0 Å². The lowest BCUT2D eigenvalue weighted by Gasteiger charge is -2.12. The Morgan fingerprint density at radius 1 is 1.28 bits per heavy atom. The van der Waals surface area contributed by atoms with E-state index in [0.29, 0.717) is 0 Å². The van der Waals surface area contributed by atoms with Gasteiger partial charge in [-0.2, -0.15) is 0 Å². The number of rotatable bonds is 9. The lowest BCUT2D eigenvalue weighted by atomic mass is 10.2. The van der Waals surface area contributed by atoms with Crippen molar-refractivity contribution in [3.63, 3.8) is 0 Å². The van der Waals surface area contributed by atoms with E-state index in [1.165, 1.54) is 11.3 Å². The molecule has 1 unspecified atom stereocenters. The van der Waals surface area contributed by atoms with Crippen LogP contribution >= 0.6 is 11.3 Å². The Hall–Kier alpha value is -0.450. The molecule has 0 bridgehead atoms. The molecule has 0 aromatic carbocycles. The number of hydrogen-bond donors (Lipinski definition) is 1. The van der Waals surface area contributed by atoms with Gasteiger partial charge in [0.1, 0.15) is 11.1 Å². The van der Waals surface area contributed by atoms with Crippen LogP contribution in [0.1, 0.15) is 61.7 Å². The van der Waals surface area contributed by atoms with E-state index in [1.54, 1.807) is 11.3 Å². The van der Waals surface area contributed by atoms with Crippen molar-refractivity contribution in [3.8, 4) is 0 Å². The number of ether oxygens (including phenoxy) is 1. The SMILES string of the molecule is CCCNCc1sc(C(CCC)OCC)nc1C. The molecule has 0 saturated carbocycles. The molecule has 1 rings (SSSR count). The van der Waals surface area contributed by atoms with E-state index in [9.17, 15) is 0 Å². The summed E-state index contributed by atoms with van der Waals surface area (Å²) in [5, 5.41) is 4.58. The Kier molecular flexibility index (Phi) is 7.47. The molecule has 0 fully saturated rings. The van der Waals surface area contributed by atoms with E-state index < -0.39 is 0 Å². The molecule has 1 atom stereocenters. The predicted molar refractivity (Wildman–Crippen MR) is 78.1 cm³/mol. The lowest BCUT2D eigenvalue weighted by molar-refractivity contribution is 0.0554. The molecule has 4 heteroatoms. The Labute approximate surface area is 115 Å². The topological polar surface area (TPSA) is 34.1 Å². The van der Waals surface area contributed by atoms with Gasteiger partial charge in [0, 0.05) is 18.0 Å². The van der Waals surface area contributed by atoms with Crippen LogP contribution < -0.4 is 5.32 Å². The monoisotopic (exact) mass is 270 g/mol. The molecule has 0 aliphatic heterocycles. The molecule has 0 amide bonds. The van der Waals surface area contributed by atoms with Gasteiger partial charge in [-0.05, 0) is 33.2 Å². The highest BCUT2D eigenvalue weighted by molar-refractivity contribution is 7.11. The normalized spacial score (nSPS) is 12.9. The lowest BCUT2D eigenvalue weighted by Crippen LogP contribution is -2.13. The summed E-state index contributed by atoms with van der Waals surface area (Å²) in [5.74, 6) is 0. The molecule has 0 saturated heterocycles. The van der Waals surface area contributed by atoms with Gasteiger partial charge in [0.05, 0.1) is 5.69 Å². The van der Waals surface area contributed by atoms with Crippen LogP contribution in [-0.2, 0) is 11.3 Å². The second kappa shape index (κ2) is 8.62. The summed E-state index contributed by atoms with van der Waals surface area (Å²) in [5.41, 5.74) is 1.15. The van der Waals surface area contributed by atoms with Crippen molar-refractivity contribution in [1.29, 1.82) is 0 Å². The summed E-state index contributed by atoms with van der Waals surface area (Å²) in [6, 6.07) is 0. The third-order valence-electron chi connectivity index (χ3n) is 2.82. The first kappa shape index (κ1) is 15.6. The van der Waals surface area contributed by atoms with Crippen molar-refractivity contribution in [3.05, 3.63) is 15.6 Å². The third-order valence-corrected chi connectivity index (χ3v) is 4.07. The smallest absolute Gasteiger partial charge is 0.122 e. The molecule has 1 N–H and O–H groups in total. The van der Waals surface area contributed by atoms with E-state index in [4.69, 9.17) is 4.74 Å². The predicted octanol–water partition coefficient (Wildman–Crippen LogP) is 3.83. The molecule has 1 aromatic heterocycles. The van der Waals surface area contributed by atoms with Gasteiger partial charge in [0.15, 0.2) is 0 Å². The molecule has 104 valence electrons. The molecule has 0 spiro atoms. The van der Waals surface area contributed by atoms with Crippen molar-refractivity contribution in [1.82, 2.24) is 10.3 Å². The quantitative estimate of drug-likeness (QED) is 0.692. The maximum absolute atomic E-state index is 5.79. The first-order chi connectivity index (χ1) is 8.72. The number of aryl methyl sites for hydroxylation is 1. The second-order valence-corrected chi connectivity index (χ2v) is 5.59. The molecule has 18 heavy (non-hydrogen) atoms. The summed E-state index contributed by atoms with van der Waals surface area (Å²) < 4.78 is 5.79. The number of thiazole rings is 1. The maximum Gasteiger partial charge on any atom is 0.122 e. The third kappa shape index (κ3) is 4.67. The summed E-state index contributed by atoms with van der Waals surface area (Å²) in [6.45, 7) is 11.3. The van der Waals surface area contributed by atoms with E-state index in [2.05, 4.69) is 31.1 Å². The first-order valence-corrected chi connectivity index (χ1v) is 7.83. The van der Waals surface area contributed by atoms with Gasteiger partial charge >= 0.3 is 0 Å². The average molecular weight is 270 g/mol. The van der Waals surface area contributed by atoms with Crippen LogP contribution in [0.3, 0.4) is 0 Å². The minimum absolute atomic E-state index is 0.184. The molecular weight excluding hydrogens is 244 g/mol. The van der Waals surface area contributed by atoms with E-state index in [-0.39, 0.29) is 6.10 Å². The highest BCUT2D eigenvalue weighted by Gasteiger charge is 2.17. The van der Waals surface area contributed by atoms with Gasteiger partial charge in [0.2, 0.25) is 0 Å². The van der Waals surface area contributed by atoms with E-state index in [0.717, 1.165) is 43.2 Å². The summed E-state index contributed by atoms with van der Waals surface area (Å²) in [6.07, 6.45) is 3.54. The van der Waals surface area contributed by atoms with Gasteiger partial charge in [-0.25, -0.2) is 4.98 Å². The average Bonchev–Trinajstić information content (AvgIpc) is 2.71. The Morgan fingerprint density at radius 2 is 2.06 bits per heavy atom. The molecular formula is C14H26N2OS. The Morgan fingerprint density at radius 3 is 2.67 bits per heavy atom. The fourth-order valence-electron chi connectivity index (χ4n) is 1.87. The summed E-state index contributed by atoms with van der Waals surface area (Å²) in [7, 11) is 0. The highest BCUT2D eigenvalue weighted by atomic mass is 32.1. The van der Waals surface area contributed by atoms with Crippen molar-refractivity contribution in [2.45, 2.75) is 59.6 Å². The summed E-state index contributed by atoms with van der Waals surface area (Å²) in [4.78, 5) is 6.03. The van der Waals surface area contributed by atoms with Crippen LogP contribution in [0, 0.1) is 6.92 Å². The summed E-state index contributed by atoms with van der Waals surface area (Å²) >= 11 is 1.80. The molecule has 1 heterocycles. The van der Waals surface area contributed by atoms with Crippen molar-refractivity contribution in [2.75, 3.05) is 13.2 Å². The fraction of sp³-hybridized carbons (Fsp3) is 0.786. The van der Waals surface area contributed by atoms with E-state index >= 15 is 0 Å². The number of nitrogens with one attached hydrogen (secondary N) is 1. The molecule has 0 radical (unpaired) electrons. The van der Waals surface area contributed by atoms with Crippen molar-refractivity contribution >= 4 is 11.3 Å². The van der Waals surface area contributed by atoms with Crippen LogP contribution in [0.4, 0.5) is 0 Å². The first-order valence-electron chi connectivity index (χ1n) is 7.01. The Balaban J connectivity index is 2.67. The largest absolute Gasteiger partial charge is 0.371 e. The molecule has 1 aromatic rings.